The molecule has 10 heteroatoms. The van der Waals surface area contributed by atoms with Crippen molar-refractivity contribution in [2.75, 3.05) is 24.7 Å². The van der Waals surface area contributed by atoms with Gasteiger partial charge in [0.05, 0.1) is 17.7 Å². The molecule has 0 aromatic carbocycles. The highest BCUT2D eigenvalue weighted by Crippen LogP contribution is 2.29. The first-order chi connectivity index (χ1) is 13.3. The van der Waals surface area contributed by atoms with E-state index in [-0.39, 0.29) is 29.5 Å². The van der Waals surface area contributed by atoms with Crippen LogP contribution < -0.4 is 11.4 Å². The Hall–Kier alpha value is -2.07. The van der Waals surface area contributed by atoms with E-state index in [0.29, 0.717) is 20.7 Å². The van der Waals surface area contributed by atoms with E-state index in [1.165, 1.54) is 0 Å². The van der Waals surface area contributed by atoms with Gasteiger partial charge in [-0.3, -0.25) is 9.59 Å². The van der Waals surface area contributed by atoms with Gasteiger partial charge in [0, 0.05) is 12.6 Å². The maximum absolute atomic E-state index is 12.7. The number of esters is 1. The van der Waals surface area contributed by atoms with Gasteiger partial charge < -0.3 is 15.5 Å². The van der Waals surface area contributed by atoms with Crippen LogP contribution in [-0.2, 0) is 9.53 Å². The maximum Gasteiger partial charge on any atom is 0.348 e. The normalized spacial score (nSPS) is 17.1. The third kappa shape index (κ3) is 3.88. The first kappa shape index (κ1) is 20.7. The number of hydrogen-bond donors (Lipinski definition) is 1. The maximum atomic E-state index is 12.7. The van der Waals surface area contributed by atoms with Crippen molar-refractivity contribution in [1.29, 1.82) is 0 Å². The second kappa shape index (κ2) is 8.52. The third-order valence-electron chi connectivity index (χ3n) is 4.87. The molecule has 3 rings (SSSR count). The number of amides is 1. The van der Waals surface area contributed by atoms with E-state index in [1.54, 1.807) is 13.8 Å². The summed E-state index contributed by atoms with van der Waals surface area (Å²) in [6, 6.07) is 0.226. The minimum atomic E-state index is -0.477. The molecular weight excluding hydrogens is 400 g/mol. The molecule has 0 bridgehead atoms. The molecule has 3 heterocycles. The molecule has 1 saturated heterocycles. The second-order valence-electron chi connectivity index (χ2n) is 6.75. The van der Waals surface area contributed by atoms with Crippen LogP contribution in [0.4, 0.5) is 0 Å². The van der Waals surface area contributed by atoms with E-state index in [2.05, 4.69) is 11.9 Å². The Morgan fingerprint density at radius 3 is 2.82 bits per heavy atom. The Bertz CT molecular complexity index is 969. The molecule has 1 fully saturated rings. The summed E-state index contributed by atoms with van der Waals surface area (Å²) in [5, 5.41) is 0.572. The zero-order valence-electron chi connectivity index (χ0n) is 16.2. The van der Waals surface area contributed by atoms with Crippen molar-refractivity contribution in [3.8, 4) is 0 Å². The van der Waals surface area contributed by atoms with E-state index in [1.807, 2.05) is 4.90 Å². The Morgan fingerprint density at radius 1 is 1.39 bits per heavy atom. The van der Waals surface area contributed by atoms with Gasteiger partial charge in [-0.1, -0.05) is 11.8 Å². The molecule has 28 heavy (non-hydrogen) atoms. The monoisotopic (exact) mass is 424 g/mol. The number of nitrogen functional groups attached to an aromatic ring is 1. The van der Waals surface area contributed by atoms with E-state index in [4.69, 9.17) is 10.6 Å². The number of aryl methyl sites for hydroxylation is 1. The molecule has 0 saturated carbocycles. The Labute approximate surface area is 171 Å². The van der Waals surface area contributed by atoms with E-state index in [9.17, 15) is 14.4 Å². The lowest BCUT2D eigenvalue weighted by Gasteiger charge is -2.33. The van der Waals surface area contributed by atoms with Crippen LogP contribution in [0.3, 0.4) is 0 Å². The number of thiophene rings is 1. The number of carbonyl (C=O) groups is 2. The molecule has 0 spiro atoms. The molecule has 0 radical (unpaired) electrons. The summed E-state index contributed by atoms with van der Waals surface area (Å²) in [5.74, 6) is 5.64. The van der Waals surface area contributed by atoms with E-state index < -0.39 is 11.5 Å². The summed E-state index contributed by atoms with van der Waals surface area (Å²) in [4.78, 5) is 44.4. The molecule has 1 aliphatic rings. The minimum absolute atomic E-state index is 0.0149. The quantitative estimate of drug-likeness (QED) is 0.339. The van der Waals surface area contributed by atoms with Gasteiger partial charge in [-0.25, -0.2) is 14.5 Å². The summed E-state index contributed by atoms with van der Waals surface area (Å²) in [7, 11) is 0. The summed E-state index contributed by atoms with van der Waals surface area (Å²) in [6.45, 7) is 6.47. The smallest absolute Gasteiger partial charge is 0.348 e. The lowest BCUT2D eigenvalue weighted by atomic mass is 10.0. The molecule has 1 atom stereocenters. The van der Waals surface area contributed by atoms with Gasteiger partial charge in [-0.15, -0.1) is 11.3 Å². The molecular formula is C18H24N4O4S2. The van der Waals surface area contributed by atoms with Gasteiger partial charge in [-0.2, -0.15) is 0 Å². The van der Waals surface area contributed by atoms with Crippen molar-refractivity contribution in [1.82, 2.24) is 14.6 Å². The average molecular weight is 425 g/mol. The lowest BCUT2D eigenvalue weighted by molar-refractivity contribution is -0.131. The van der Waals surface area contributed by atoms with Gasteiger partial charge in [0.25, 0.3) is 5.56 Å². The van der Waals surface area contributed by atoms with Crippen LogP contribution in [0.1, 0.15) is 48.3 Å². The van der Waals surface area contributed by atoms with Crippen LogP contribution in [0.5, 0.6) is 0 Å². The number of nitrogens with zero attached hydrogens (tertiary/aromatic N) is 3. The predicted molar refractivity (Wildman–Crippen MR) is 110 cm³/mol. The first-order valence-electron chi connectivity index (χ1n) is 9.25. The Kier molecular flexibility index (Phi) is 6.29. The highest BCUT2D eigenvalue weighted by atomic mass is 32.2. The summed E-state index contributed by atoms with van der Waals surface area (Å²) in [6.07, 6.45) is 3.16. The van der Waals surface area contributed by atoms with Gasteiger partial charge in [0.2, 0.25) is 5.91 Å². The fraction of sp³-hybridized carbons (Fsp3) is 0.556. The lowest BCUT2D eigenvalue weighted by Crippen LogP contribution is -2.43. The van der Waals surface area contributed by atoms with Crippen molar-refractivity contribution < 1.29 is 14.3 Å². The van der Waals surface area contributed by atoms with E-state index >= 15 is 0 Å². The van der Waals surface area contributed by atoms with E-state index in [0.717, 1.165) is 53.6 Å². The number of carbonyl (C=O) groups excluding carboxylic acids is 2. The zero-order valence-corrected chi connectivity index (χ0v) is 17.8. The molecule has 152 valence electrons. The second-order valence-corrected chi connectivity index (χ2v) is 8.69. The average Bonchev–Trinajstić information content (AvgIpc) is 3.00. The first-order valence-corrected chi connectivity index (χ1v) is 11.1. The van der Waals surface area contributed by atoms with Gasteiger partial charge in [-0.05, 0) is 45.6 Å². The topological polar surface area (TPSA) is 108 Å². The number of rotatable bonds is 5. The Morgan fingerprint density at radius 2 is 2.14 bits per heavy atom. The van der Waals surface area contributed by atoms with Gasteiger partial charge >= 0.3 is 5.97 Å². The summed E-state index contributed by atoms with van der Waals surface area (Å²) in [5.41, 5.74) is 0.0838. The predicted octanol–water partition coefficient (Wildman–Crippen LogP) is 2.15. The van der Waals surface area contributed by atoms with Gasteiger partial charge in [0.15, 0.2) is 5.16 Å². The molecule has 2 aromatic heterocycles. The Balaban J connectivity index is 1.86. The largest absolute Gasteiger partial charge is 0.462 e. The van der Waals surface area contributed by atoms with Crippen molar-refractivity contribution in [3.63, 3.8) is 0 Å². The number of thioether (sulfide) groups is 1. The molecule has 0 aliphatic carbocycles. The van der Waals surface area contributed by atoms with Crippen LogP contribution in [0.15, 0.2) is 9.95 Å². The van der Waals surface area contributed by atoms with Crippen LogP contribution >= 0.6 is 23.1 Å². The highest BCUT2D eigenvalue weighted by molar-refractivity contribution is 7.99. The number of aromatic nitrogens is 2. The number of piperidine rings is 1. The van der Waals surface area contributed by atoms with Crippen molar-refractivity contribution >= 4 is 45.2 Å². The minimum Gasteiger partial charge on any atom is -0.462 e. The third-order valence-corrected chi connectivity index (χ3v) is 6.98. The number of fused-ring (bicyclic) bond motifs is 1. The van der Waals surface area contributed by atoms with Crippen molar-refractivity contribution in [2.45, 2.75) is 51.2 Å². The molecule has 1 aliphatic heterocycles. The van der Waals surface area contributed by atoms with Crippen LogP contribution in [0.2, 0.25) is 0 Å². The molecule has 0 unspecified atom stereocenters. The fourth-order valence-electron chi connectivity index (χ4n) is 3.35. The molecule has 2 aromatic rings. The van der Waals surface area contributed by atoms with Crippen molar-refractivity contribution in [2.24, 2.45) is 0 Å². The molecule has 8 nitrogen and oxygen atoms in total. The van der Waals surface area contributed by atoms with Crippen molar-refractivity contribution in [3.05, 3.63) is 20.8 Å². The van der Waals surface area contributed by atoms with Gasteiger partial charge in [0.1, 0.15) is 9.71 Å². The highest BCUT2D eigenvalue weighted by Gasteiger charge is 2.25. The van der Waals surface area contributed by atoms with Crippen LogP contribution in [0.25, 0.3) is 10.2 Å². The summed E-state index contributed by atoms with van der Waals surface area (Å²) >= 11 is 2.25. The fourth-order valence-corrected chi connectivity index (χ4v) is 5.27. The molecule has 2 N–H and O–H groups in total. The summed E-state index contributed by atoms with van der Waals surface area (Å²) < 4.78 is 6.00. The standard InChI is InChI=1S/C18H24N4O4S2/c1-4-26-17(25)14-11(3)13-15(28-14)20-18(22(19)16(13)24)27-9-12(23)21-8-6-5-7-10(21)2/h10H,4-9,19H2,1-3H3/t10-/m0/s1. The van der Waals surface area contributed by atoms with Crippen LogP contribution in [0, 0.1) is 6.92 Å². The zero-order chi connectivity index (χ0) is 20.4. The number of nitrogens with two attached hydrogens (primary N) is 1. The number of hydrogen-bond acceptors (Lipinski definition) is 8. The number of likely N-dealkylation sites (tertiary alicyclic amines) is 1. The number of ether oxygens (including phenoxy) is 1. The molecule has 1 amide bonds. The SMILES string of the molecule is CCOC(=O)c1sc2nc(SCC(=O)N3CCCC[C@@H]3C)n(N)c(=O)c2c1C. The van der Waals surface area contributed by atoms with Crippen LogP contribution in [-0.4, -0.2) is 51.4 Å².